The van der Waals surface area contributed by atoms with Gasteiger partial charge in [-0.2, -0.15) is 4.31 Å². The number of hydrogen-bond acceptors (Lipinski definition) is 5. The molecule has 0 unspecified atom stereocenters. The monoisotopic (exact) mass is 376 g/mol. The van der Waals surface area contributed by atoms with Crippen LogP contribution in [0.2, 0.25) is 0 Å². The molecule has 0 spiro atoms. The minimum Gasteiger partial charge on any atom is -0.490 e. The summed E-state index contributed by atoms with van der Waals surface area (Å²) < 4.78 is 32.6. The topological polar surface area (TPSA) is 89.8 Å². The summed E-state index contributed by atoms with van der Waals surface area (Å²) in [5, 5.41) is 11.2. The molecular formula is C18H20N2O5S. The highest BCUT2D eigenvalue weighted by atomic mass is 32.2. The molecule has 0 bridgehead atoms. The maximum absolute atomic E-state index is 13.1. The summed E-state index contributed by atoms with van der Waals surface area (Å²) in [6.07, 6.45) is 2.17. The molecule has 2 aromatic rings. The van der Waals surface area contributed by atoms with Crippen LogP contribution in [0.1, 0.15) is 18.4 Å². The summed E-state index contributed by atoms with van der Waals surface area (Å²) >= 11 is 0. The molecule has 0 radical (unpaired) electrons. The highest BCUT2D eigenvalue weighted by Gasteiger charge is 2.36. The van der Waals surface area contributed by atoms with Crippen LogP contribution in [0.25, 0.3) is 0 Å². The smallest absolute Gasteiger partial charge is 0.312 e. The maximum Gasteiger partial charge on any atom is 0.312 e. The van der Waals surface area contributed by atoms with Crippen molar-refractivity contribution in [1.82, 2.24) is 4.31 Å². The Kier molecular flexibility index (Phi) is 5.24. The van der Waals surface area contributed by atoms with Crippen LogP contribution >= 0.6 is 0 Å². The Morgan fingerprint density at radius 1 is 1.23 bits per heavy atom. The van der Waals surface area contributed by atoms with Crippen molar-refractivity contribution in [3.63, 3.8) is 0 Å². The molecule has 8 heteroatoms. The van der Waals surface area contributed by atoms with Gasteiger partial charge < -0.3 is 4.74 Å². The number of nitro benzene ring substituents is 1. The molecule has 0 aromatic heterocycles. The van der Waals surface area contributed by atoms with E-state index >= 15 is 0 Å². The highest BCUT2D eigenvalue weighted by molar-refractivity contribution is 7.89. The van der Waals surface area contributed by atoms with E-state index < -0.39 is 14.9 Å². The van der Waals surface area contributed by atoms with Gasteiger partial charge in [0.2, 0.25) is 10.0 Å². The van der Waals surface area contributed by atoms with E-state index in [-0.39, 0.29) is 22.4 Å². The molecule has 3 rings (SSSR count). The molecule has 1 aliphatic heterocycles. The Hall–Kier alpha value is -2.45. The number of benzene rings is 2. The van der Waals surface area contributed by atoms with Gasteiger partial charge in [0.05, 0.1) is 16.9 Å². The van der Waals surface area contributed by atoms with Gasteiger partial charge in [-0.3, -0.25) is 10.1 Å². The van der Waals surface area contributed by atoms with E-state index in [1.807, 2.05) is 30.3 Å². The summed E-state index contributed by atoms with van der Waals surface area (Å²) in [5.74, 6) is 0.0382. The highest BCUT2D eigenvalue weighted by Crippen LogP contribution is 2.33. The van der Waals surface area contributed by atoms with Gasteiger partial charge in [-0.25, -0.2) is 8.42 Å². The lowest BCUT2D eigenvalue weighted by Gasteiger charge is -2.24. The molecular weight excluding hydrogens is 356 g/mol. The molecule has 1 atom stereocenters. The van der Waals surface area contributed by atoms with Crippen molar-refractivity contribution < 1.29 is 18.1 Å². The van der Waals surface area contributed by atoms with Gasteiger partial charge in [0.1, 0.15) is 0 Å². The fourth-order valence-electron chi connectivity index (χ4n) is 3.32. The van der Waals surface area contributed by atoms with Crippen LogP contribution in [0.4, 0.5) is 5.69 Å². The average Bonchev–Trinajstić information content (AvgIpc) is 3.11. The summed E-state index contributed by atoms with van der Waals surface area (Å²) in [4.78, 5) is 10.5. The lowest BCUT2D eigenvalue weighted by molar-refractivity contribution is -0.386. The third-order valence-electron chi connectivity index (χ3n) is 4.59. The number of methoxy groups -OCH3 is 1. The third kappa shape index (κ3) is 3.56. The first-order valence-electron chi connectivity index (χ1n) is 8.31. The Morgan fingerprint density at radius 2 is 1.96 bits per heavy atom. The van der Waals surface area contributed by atoms with Gasteiger partial charge >= 0.3 is 5.69 Å². The Bertz CT molecular complexity index is 899. The van der Waals surface area contributed by atoms with Crippen molar-refractivity contribution >= 4 is 15.7 Å². The molecule has 2 aromatic carbocycles. The summed E-state index contributed by atoms with van der Waals surface area (Å²) in [5.41, 5.74) is 0.715. The van der Waals surface area contributed by atoms with Crippen LogP contribution < -0.4 is 4.74 Å². The molecule has 0 N–H and O–H groups in total. The normalized spacial score (nSPS) is 18.0. The lowest BCUT2D eigenvalue weighted by Crippen LogP contribution is -2.36. The number of rotatable bonds is 6. The maximum atomic E-state index is 13.1. The first-order chi connectivity index (χ1) is 12.4. The minimum absolute atomic E-state index is 0.0382. The third-order valence-corrected chi connectivity index (χ3v) is 6.54. The van der Waals surface area contributed by atoms with E-state index in [4.69, 9.17) is 4.74 Å². The van der Waals surface area contributed by atoms with Crippen molar-refractivity contribution in [2.45, 2.75) is 30.2 Å². The number of nitro groups is 1. The standard InChI is InChI=1S/C18H20N2O5S/c1-25-18-10-9-16(13-17(18)20(21)22)26(23,24)19-11-5-8-15(19)12-14-6-3-2-4-7-14/h2-4,6-7,9-10,13,15H,5,8,11-12H2,1H3/t15-/m0/s1. The van der Waals surface area contributed by atoms with E-state index in [2.05, 4.69) is 0 Å². The van der Waals surface area contributed by atoms with Gasteiger partial charge in [0.15, 0.2) is 5.75 Å². The zero-order valence-electron chi connectivity index (χ0n) is 14.4. The molecule has 1 saturated heterocycles. The van der Waals surface area contributed by atoms with Crippen LogP contribution in [0.3, 0.4) is 0 Å². The summed E-state index contributed by atoms with van der Waals surface area (Å²) in [6.45, 7) is 0.416. The largest absolute Gasteiger partial charge is 0.490 e. The quantitative estimate of drug-likeness (QED) is 0.571. The number of nitrogens with zero attached hydrogens (tertiary/aromatic N) is 2. The average molecular weight is 376 g/mol. The van der Waals surface area contributed by atoms with E-state index in [9.17, 15) is 18.5 Å². The Labute approximate surface area is 152 Å². The molecule has 0 aliphatic carbocycles. The predicted octanol–water partition coefficient (Wildman–Crippen LogP) is 3.00. The molecule has 0 saturated carbocycles. The number of hydrogen-bond donors (Lipinski definition) is 0. The van der Waals surface area contributed by atoms with Crippen LogP contribution in [0, 0.1) is 10.1 Å². The second kappa shape index (κ2) is 7.43. The van der Waals surface area contributed by atoms with Crippen LogP contribution in [-0.2, 0) is 16.4 Å². The number of ether oxygens (including phenoxy) is 1. The van der Waals surface area contributed by atoms with Gasteiger partial charge in [0, 0.05) is 18.7 Å². The molecule has 138 valence electrons. The number of sulfonamides is 1. The first-order valence-corrected chi connectivity index (χ1v) is 9.75. The van der Waals surface area contributed by atoms with Gasteiger partial charge in [0.25, 0.3) is 0 Å². The van der Waals surface area contributed by atoms with Gasteiger partial charge in [-0.15, -0.1) is 0 Å². The van der Waals surface area contributed by atoms with Crippen molar-refractivity contribution in [3.05, 3.63) is 64.2 Å². The summed E-state index contributed by atoms with van der Waals surface area (Å²) in [6, 6.07) is 13.3. The summed E-state index contributed by atoms with van der Waals surface area (Å²) in [7, 11) is -2.50. The van der Waals surface area contributed by atoms with E-state index in [0.717, 1.165) is 24.5 Å². The zero-order chi connectivity index (χ0) is 18.7. The predicted molar refractivity (Wildman–Crippen MR) is 96.7 cm³/mol. The molecule has 7 nitrogen and oxygen atoms in total. The molecule has 26 heavy (non-hydrogen) atoms. The zero-order valence-corrected chi connectivity index (χ0v) is 15.2. The SMILES string of the molecule is COc1ccc(S(=O)(=O)N2CCC[C@H]2Cc2ccccc2)cc1[N+](=O)[O-]. The molecule has 1 aliphatic rings. The van der Waals surface area contributed by atoms with E-state index in [0.29, 0.717) is 13.0 Å². The van der Waals surface area contributed by atoms with Crippen molar-refractivity contribution in [2.24, 2.45) is 0 Å². The molecule has 1 fully saturated rings. The van der Waals surface area contributed by atoms with Crippen molar-refractivity contribution in [2.75, 3.05) is 13.7 Å². The second-order valence-electron chi connectivity index (χ2n) is 6.19. The molecule has 0 amide bonds. The van der Waals surface area contributed by atoms with Gasteiger partial charge in [-0.1, -0.05) is 30.3 Å². The van der Waals surface area contributed by atoms with Crippen LogP contribution in [-0.4, -0.2) is 37.3 Å². The minimum atomic E-state index is -3.82. The second-order valence-corrected chi connectivity index (χ2v) is 8.08. The van der Waals surface area contributed by atoms with Crippen LogP contribution in [0.15, 0.2) is 53.4 Å². The first kappa shape index (κ1) is 18.3. The fraction of sp³-hybridized carbons (Fsp3) is 0.333. The van der Waals surface area contributed by atoms with Crippen LogP contribution in [0.5, 0.6) is 5.75 Å². The Morgan fingerprint density at radius 3 is 2.62 bits per heavy atom. The van der Waals surface area contributed by atoms with Crippen molar-refractivity contribution in [1.29, 1.82) is 0 Å². The van der Waals surface area contributed by atoms with Crippen molar-refractivity contribution in [3.8, 4) is 5.75 Å². The van der Waals surface area contributed by atoms with E-state index in [1.165, 1.54) is 23.5 Å². The molecule has 1 heterocycles. The van der Waals surface area contributed by atoms with Gasteiger partial charge in [-0.05, 0) is 37.0 Å². The van der Waals surface area contributed by atoms with E-state index in [1.54, 1.807) is 0 Å². The lowest BCUT2D eigenvalue weighted by atomic mass is 10.1. The Balaban J connectivity index is 1.91. The fourth-order valence-corrected chi connectivity index (χ4v) is 5.04.